The molecule has 2 aromatic rings. The predicted octanol–water partition coefficient (Wildman–Crippen LogP) is 3.83. The van der Waals surface area contributed by atoms with E-state index in [0.29, 0.717) is 5.56 Å². The van der Waals surface area contributed by atoms with E-state index in [4.69, 9.17) is 0 Å². The number of sulfonamides is 1. The molecule has 0 spiro atoms. The van der Waals surface area contributed by atoms with E-state index in [1.165, 1.54) is 25.1 Å². The van der Waals surface area contributed by atoms with Crippen molar-refractivity contribution in [3.05, 3.63) is 53.8 Å². The van der Waals surface area contributed by atoms with Crippen molar-refractivity contribution in [2.75, 3.05) is 4.72 Å². The Balaban J connectivity index is 2.31. The molecule has 0 aliphatic carbocycles. The molecule has 0 saturated heterocycles. The Kier molecular flexibility index (Phi) is 4.51. The fourth-order valence-electron chi connectivity index (χ4n) is 1.83. The summed E-state index contributed by atoms with van der Waals surface area (Å²) in [6.45, 7) is 1.47. The number of hydrogen-bond donors (Lipinski definition) is 1. The largest absolute Gasteiger partial charge is 0.573 e. The lowest BCUT2D eigenvalue weighted by Crippen LogP contribution is -2.18. The van der Waals surface area contributed by atoms with Crippen molar-refractivity contribution in [1.29, 1.82) is 0 Å². The van der Waals surface area contributed by atoms with Crippen molar-refractivity contribution in [2.24, 2.45) is 0 Å². The van der Waals surface area contributed by atoms with Crippen LogP contribution in [-0.2, 0) is 10.0 Å². The second kappa shape index (κ2) is 6.07. The highest BCUT2D eigenvalue weighted by Gasteiger charge is 2.31. The summed E-state index contributed by atoms with van der Waals surface area (Å²) in [5, 5.41) is 0. The molecule has 0 radical (unpaired) electrons. The third-order valence-corrected chi connectivity index (χ3v) is 4.28. The summed E-state index contributed by atoms with van der Waals surface area (Å²) < 4.78 is 80.0. The number of aryl methyl sites for hydroxylation is 1. The number of benzene rings is 2. The number of halogens is 4. The molecule has 0 fully saturated rings. The van der Waals surface area contributed by atoms with Crippen LogP contribution in [0.2, 0.25) is 0 Å². The smallest absolute Gasteiger partial charge is 0.406 e. The second-order valence-electron chi connectivity index (χ2n) is 4.59. The van der Waals surface area contributed by atoms with Crippen molar-refractivity contribution in [2.45, 2.75) is 18.2 Å². The first-order valence-corrected chi connectivity index (χ1v) is 7.70. The van der Waals surface area contributed by atoms with Gasteiger partial charge in [0, 0.05) is 6.07 Å². The van der Waals surface area contributed by atoms with Crippen LogP contribution in [-0.4, -0.2) is 14.8 Å². The Labute approximate surface area is 129 Å². The zero-order valence-electron chi connectivity index (χ0n) is 11.7. The second-order valence-corrected chi connectivity index (χ2v) is 6.24. The molecule has 124 valence electrons. The molecular formula is C14H11F4NO3S. The molecule has 2 rings (SSSR count). The fourth-order valence-corrected chi connectivity index (χ4v) is 3.14. The van der Waals surface area contributed by atoms with Crippen LogP contribution in [0, 0.1) is 12.7 Å². The highest BCUT2D eigenvalue weighted by Crippen LogP contribution is 2.27. The third-order valence-electron chi connectivity index (χ3n) is 2.76. The van der Waals surface area contributed by atoms with Crippen molar-refractivity contribution >= 4 is 15.7 Å². The van der Waals surface area contributed by atoms with Crippen LogP contribution in [0.5, 0.6) is 5.75 Å². The molecular weight excluding hydrogens is 338 g/mol. The first-order chi connectivity index (χ1) is 10.6. The van der Waals surface area contributed by atoms with Gasteiger partial charge in [-0.15, -0.1) is 13.2 Å². The fraction of sp³-hybridized carbons (Fsp3) is 0.143. The maximum absolute atomic E-state index is 13.2. The molecule has 0 bridgehead atoms. The van der Waals surface area contributed by atoms with E-state index in [0.717, 1.165) is 24.3 Å². The summed E-state index contributed by atoms with van der Waals surface area (Å²) in [5.41, 5.74) is 0.150. The predicted molar refractivity (Wildman–Crippen MR) is 75.1 cm³/mol. The van der Waals surface area contributed by atoms with Crippen molar-refractivity contribution < 1.29 is 30.7 Å². The molecule has 0 heterocycles. The number of anilines is 1. The van der Waals surface area contributed by atoms with E-state index >= 15 is 0 Å². The van der Waals surface area contributed by atoms with Gasteiger partial charge in [-0.1, -0.05) is 12.1 Å². The van der Waals surface area contributed by atoms with Gasteiger partial charge in [0.15, 0.2) is 0 Å². The van der Waals surface area contributed by atoms with Gasteiger partial charge in [0.1, 0.15) is 11.6 Å². The van der Waals surface area contributed by atoms with Crippen molar-refractivity contribution in [1.82, 2.24) is 0 Å². The van der Waals surface area contributed by atoms with Gasteiger partial charge < -0.3 is 4.74 Å². The minimum absolute atomic E-state index is 0.143. The summed E-state index contributed by atoms with van der Waals surface area (Å²) in [5.74, 6) is -1.32. The zero-order chi connectivity index (χ0) is 17.3. The zero-order valence-corrected chi connectivity index (χ0v) is 12.5. The van der Waals surface area contributed by atoms with Gasteiger partial charge in [-0.2, -0.15) is 0 Å². The van der Waals surface area contributed by atoms with E-state index in [1.807, 2.05) is 0 Å². The van der Waals surface area contributed by atoms with Crippen molar-refractivity contribution in [3.63, 3.8) is 0 Å². The number of hydrogen-bond acceptors (Lipinski definition) is 3. The monoisotopic (exact) mass is 349 g/mol. The van der Waals surface area contributed by atoms with Gasteiger partial charge in [0.05, 0.1) is 10.6 Å². The van der Waals surface area contributed by atoms with E-state index < -0.39 is 28.0 Å². The van der Waals surface area contributed by atoms with Crippen LogP contribution in [0.15, 0.2) is 47.4 Å². The Morgan fingerprint density at radius 3 is 2.43 bits per heavy atom. The maximum atomic E-state index is 13.2. The molecule has 23 heavy (non-hydrogen) atoms. The normalized spacial score (nSPS) is 12.0. The van der Waals surface area contributed by atoms with E-state index in [-0.39, 0.29) is 10.6 Å². The van der Waals surface area contributed by atoms with Gasteiger partial charge in [-0.05, 0) is 36.8 Å². The molecule has 0 amide bonds. The molecule has 0 aromatic heterocycles. The van der Waals surface area contributed by atoms with Crippen LogP contribution in [0.3, 0.4) is 0 Å². The van der Waals surface area contributed by atoms with Gasteiger partial charge in [0.25, 0.3) is 10.0 Å². The molecule has 0 unspecified atom stereocenters. The van der Waals surface area contributed by atoms with Gasteiger partial charge in [-0.3, -0.25) is 4.72 Å². The molecule has 2 aromatic carbocycles. The minimum Gasteiger partial charge on any atom is -0.406 e. The first kappa shape index (κ1) is 17.1. The Morgan fingerprint density at radius 1 is 1.09 bits per heavy atom. The van der Waals surface area contributed by atoms with Crippen LogP contribution >= 0.6 is 0 Å². The Morgan fingerprint density at radius 2 is 1.78 bits per heavy atom. The number of nitrogens with one attached hydrogen (secondary N) is 1. The van der Waals surface area contributed by atoms with Crippen LogP contribution in [0.25, 0.3) is 0 Å². The summed E-state index contributed by atoms with van der Waals surface area (Å²) in [6.07, 6.45) is -4.89. The van der Waals surface area contributed by atoms with E-state index in [9.17, 15) is 26.0 Å². The van der Waals surface area contributed by atoms with E-state index in [1.54, 1.807) is 0 Å². The highest BCUT2D eigenvalue weighted by atomic mass is 32.2. The lowest BCUT2D eigenvalue weighted by atomic mass is 10.2. The first-order valence-electron chi connectivity index (χ1n) is 6.22. The van der Waals surface area contributed by atoms with Gasteiger partial charge >= 0.3 is 6.36 Å². The lowest BCUT2D eigenvalue weighted by molar-refractivity contribution is -0.274. The lowest BCUT2D eigenvalue weighted by Gasteiger charge is -2.12. The highest BCUT2D eigenvalue weighted by molar-refractivity contribution is 7.92. The molecule has 0 saturated carbocycles. The topological polar surface area (TPSA) is 55.4 Å². The van der Waals surface area contributed by atoms with Crippen LogP contribution < -0.4 is 9.46 Å². The summed E-state index contributed by atoms with van der Waals surface area (Å²) in [6, 6.07) is 7.55. The van der Waals surface area contributed by atoms with E-state index in [2.05, 4.69) is 9.46 Å². The van der Waals surface area contributed by atoms with Crippen LogP contribution in [0.1, 0.15) is 5.56 Å². The summed E-state index contributed by atoms with van der Waals surface area (Å²) in [7, 11) is -4.15. The molecule has 0 aliphatic rings. The standard InChI is InChI=1S/C14H11F4NO3S/c1-9-5-6-10(15)7-13(9)23(20,21)19-11-3-2-4-12(8-11)22-14(16,17)18/h2-8,19H,1H3. The molecule has 0 atom stereocenters. The third kappa shape index (κ3) is 4.59. The van der Waals surface area contributed by atoms with Gasteiger partial charge in [0.2, 0.25) is 0 Å². The average Bonchev–Trinajstić information content (AvgIpc) is 2.39. The number of rotatable bonds is 4. The summed E-state index contributed by atoms with van der Waals surface area (Å²) >= 11 is 0. The summed E-state index contributed by atoms with van der Waals surface area (Å²) in [4.78, 5) is -0.306. The molecule has 0 aliphatic heterocycles. The van der Waals surface area contributed by atoms with Crippen molar-refractivity contribution in [3.8, 4) is 5.75 Å². The number of ether oxygens (including phenoxy) is 1. The maximum Gasteiger partial charge on any atom is 0.573 e. The Bertz CT molecular complexity index is 819. The minimum atomic E-state index is -4.89. The Hall–Kier alpha value is -2.29. The van der Waals surface area contributed by atoms with Crippen LogP contribution in [0.4, 0.5) is 23.2 Å². The quantitative estimate of drug-likeness (QED) is 0.854. The van der Waals surface area contributed by atoms with Gasteiger partial charge in [-0.25, -0.2) is 12.8 Å². The number of alkyl halides is 3. The molecule has 9 heteroatoms. The molecule has 1 N–H and O–H groups in total. The SMILES string of the molecule is Cc1ccc(F)cc1S(=O)(=O)Nc1cccc(OC(F)(F)F)c1. The average molecular weight is 349 g/mol. The molecule has 4 nitrogen and oxygen atoms in total.